The molecule has 2 aliphatic heterocycles. The first kappa shape index (κ1) is 70.2. The number of rotatable bonds is 6. The number of terminal acetylenes is 6. The lowest BCUT2D eigenvalue weighted by Crippen LogP contribution is -2.71. The van der Waals surface area contributed by atoms with Gasteiger partial charge in [-0.1, -0.05) is 43.2 Å². The Morgan fingerprint density at radius 2 is 1.19 bits per heavy atom. The normalized spacial score (nSPS) is 13.0. The Hall–Kier alpha value is -8.46. The zero-order valence-electron chi connectivity index (χ0n) is 40.7. The van der Waals surface area contributed by atoms with Crippen LogP contribution in [0, 0.1) is 169 Å². The molecule has 1 aromatic heterocycles. The van der Waals surface area contributed by atoms with Gasteiger partial charge in [-0.05, 0) is 172 Å². The van der Waals surface area contributed by atoms with Gasteiger partial charge >= 0.3 is 12.1 Å². The van der Waals surface area contributed by atoms with Crippen LogP contribution in [-0.4, -0.2) is 77.6 Å². The zero-order valence-corrected chi connectivity index (χ0v) is 41.5. The molecule has 0 aromatic carbocycles. The highest BCUT2D eigenvalue weighted by Crippen LogP contribution is 2.52. The van der Waals surface area contributed by atoms with Gasteiger partial charge in [0, 0.05) is 19.8 Å². The van der Waals surface area contributed by atoms with Crippen molar-refractivity contribution in [2.75, 3.05) is 7.05 Å². The first-order valence-corrected chi connectivity index (χ1v) is 20.3. The second-order valence-electron chi connectivity index (χ2n) is 13.0. The molecule has 2 amide bonds. The molecule has 2 fully saturated rings. The van der Waals surface area contributed by atoms with Gasteiger partial charge in [0.2, 0.25) is 5.91 Å². The molecule has 1 aromatic rings. The summed E-state index contributed by atoms with van der Waals surface area (Å²) in [6.07, 6.45) is 33.6. The van der Waals surface area contributed by atoms with E-state index in [2.05, 4.69) is 154 Å². The zero-order chi connectivity index (χ0) is 52.0. The van der Waals surface area contributed by atoms with Crippen LogP contribution in [0.4, 0.5) is 4.79 Å². The minimum Gasteiger partial charge on any atom is -0.457 e. The highest BCUT2D eigenvalue weighted by Gasteiger charge is 2.66. The second-order valence-corrected chi connectivity index (χ2v) is 14.8. The topological polar surface area (TPSA) is 107 Å². The Kier molecular flexibility index (Phi) is 47.7. The van der Waals surface area contributed by atoms with Gasteiger partial charge in [0.15, 0.2) is 0 Å². The molecule has 0 saturated carbocycles. The van der Waals surface area contributed by atoms with Gasteiger partial charge < -0.3 is 14.4 Å². The molecule has 10 nitrogen and oxygen atoms in total. The van der Waals surface area contributed by atoms with Crippen molar-refractivity contribution in [3.8, 4) is 169 Å². The number of β-lactam (4-membered cyclic amide) rings is 1. The summed E-state index contributed by atoms with van der Waals surface area (Å²) in [7, 11) is 1.55. The first-order valence-electron chi connectivity index (χ1n) is 19.4. The number of ether oxygens (including phenoxy) is 2. The maximum atomic E-state index is 12.9. The predicted molar refractivity (Wildman–Crippen MR) is 279 cm³/mol. The summed E-state index contributed by atoms with van der Waals surface area (Å²) < 4.78 is 12.0. The van der Waals surface area contributed by atoms with Crippen LogP contribution in [0.2, 0.25) is 0 Å². The summed E-state index contributed by atoms with van der Waals surface area (Å²) in [5.74, 6) is 50.0. The fourth-order valence-corrected chi connectivity index (χ4v) is 5.93. The molecule has 67 heavy (non-hydrogen) atoms. The van der Waals surface area contributed by atoms with Crippen LogP contribution in [0.5, 0.6) is 0 Å². The van der Waals surface area contributed by atoms with E-state index in [-0.39, 0.29) is 26.7 Å². The number of thioether (sulfide) groups is 1. The van der Waals surface area contributed by atoms with Crippen molar-refractivity contribution in [1.29, 1.82) is 0 Å². The molecule has 0 N–H and O–H groups in total. The van der Waals surface area contributed by atoms with E-state index in [1.165, 1.54) is 21.6 Å². The molecule has 2 saturated heterocycles. The van der Waals surface area contributed by atoms with Crippen LogP contribution >= 0.6 is 11.8 Å². The third-order valence-electron chi connectivity index (χ3n) is 6.55. The summed E-state index contributed by atoms with van der Waals surface area (Å²) in [5.41, 5.74) is -0.107. The summed E-state index contributed by atoms with van der Waals surface area (Å²) in [5, 5.41) is 7.67. The molecular formula is C56H65N5O5S. The van der Waals surface area contributed by atoms with Crippen LogP contribution < -0.4 is 0 Å². The quantitative estimate of drug-likeness (QED) is 0.165. The number of esters is 1. The van der Waals surface area contributed by atoms with Crippen LogP contribution in [0.3, 0.4) is 0 Å². The van der Waals surface area contributed by atoms with Crippen LogP contribution in [0.25, 0.3) is 0 Å². The van der Waals surface area contributed by atoms with Gasteiger partial charge in [-0.3, -0.25) is 14.4 Å². The first-order chi connectivity index (χ1) is 31.3. The Morgan fingerprint density at radius 1 is 0.776 bits per heavy atom. The lowest BCUT2D eigenvalue weighted by atomic mass is 9.95. The third-order valence-corrected chi connectivity index (χ3v) is 8.11. The number of hydrogen-bond acceptors (Lipinski definition) is 8. The van der Waals surface area contributed by atoms with Crippen molar-refractivity contribution in [2.24, 2.45) is 0 Å². The molecule has 0 unspecified atom stereocenters. The molecule has 0 bridgehead atoms. The molecule has 2 aliphatic rings. The largest absolute Gasteiger partial charge is 0.457 e. The highest BCUT2D eigenvalue weighted by atomic mass is 32.2. The van der Waals surface area contributed by atoms with Gasteiger partial charge in [-0.2, -0.15) is 0 Å². The van der Waals surface area contributed by atoms with Crippen LogP contribution in [0.1, 0.15) is 111 Å². The van der Waals surface area contributed by atoms with E-state index < -0.39 is 34.5 Å². The molecular weight excluding hydrogens is 855 g/mol. The van der Waals surface area contributed by atoms with E-state index in [9.17, 15) is 14.4 Å². The fourth-order valence-electron chi connectivity index (χ4n) is 4.21. The molecule has 3 rings (SSSR count). The second kappa shape index (κ2) is 45.6. The average molecular weight is 920 g/mol. The number of aryl methyl sites for hydroxylation is 1. The van der Waals surface area contributed by atoms with E-state index in [1.54, 1.807) is 73.3 Å². The summed E-state index contributed by atoms with van der Waals surface area (Å²) in [6, 6.07) is -1.42. The smallest absolute Gasteiger partial charge is 0.410 e. The van der Waals surface area contributed by atoms with Crippen molar-refractivity contribution in [2.45, 2.75) is 145 Å². The van der Waals surface area contributed by atoms with Crippen LogP contribution in [0.15, 0.2) is 6.20 Å². The summed E-state index contributed by atoms with van der Waals surface area (Å²) >= 11 is 1.48. The molecule has 0 aliphatic carbocycles. The van der Waals surface area contributed by atoms with Gasteiger partial charge in [-0.25, -0.2) is 9.59 Å². The van der Waals surface area contributed by atoms with Crippen molar-refractivity contribution in [3.05, 3.63) is 11.9 Å². The molecule has 3 heterocycles. The predicted octanol–water partition coefficient (Wildman–Crippen LogP) is 7.41. The van der Waals surface area contributed by atoms with Crippen molar-refractivity contribution in [1.82, 2.24) is 24.8 Å². The molecule has 350 valence electrons. The SMILES string of the molecule is C.C#C.C#CC.C#CC#CC.C#CC#CC#C.C#CC#CC#CC.CC#CC.CC#CC#CC#CC.CCCn1cc(COC(=O)[C@@H]2N3C(=O)[C@@H](N(C)C(=O)OC(C)(C)C)[C@H]3SC2(C)C)nn1.[HH]. The average Bonchev–Trinajstić information content (AvgIpc) is 3.84. The fraction of sp³-hybridized carbons (Fsp3) is 0.411. The Bertz CT molecular complexity index is 2420. The molecule has 0 spiro atoms. The van der Waals surface area contributed by atoms with Crippen molar-refractivity contribution < 1.29 is 25.3 Å². The van der Waals surface area contributed by atoms with E-state index in [0.717, 1.165) is 13.0 Å². The summed E-state index contributed by atoms with van der Waals surface area (Å²) in [6.45, 7) is 24.1. The summed E-state index contributed by atoms with van der Waals surface area (Å²) in [4.78, 5) is 41.1. The molecule has 0 radical (unpaired) electrons. The minimum atomic E-state index is -0.746. The number of likely N-dealkylation sites (N-methyl/N-ethyl adjacent to an activating group) is 1. The Balaban J connectivity index is -0.000000164. The van der Waals surface area contributed by atoms with Crippen molar-refractivity contribution >= 4 is 29.7 Å². The monoisotopic (exact) mass is 919 g/mol. The van der Waals surface area contributed by atoms with Gasteiger partial charge in [0.25, 0.3) is 0 Å². The number of aromatic nitrogens is 3. The van der Waals surface area contributed by atoms with E-state index in [1.807, 2.05) is 34.6 Å². The van der Waals surface area contributed by atoms with Crippen LogP contribution in [-0.2, 0) is 32.2 Å². The van der Waals surface area contributed by atoms with E-state index in [4.69, 9.17) is 35.2 Å². The number of hydrogen-bond donors (Lipinski definition) is 0. The number of carbonyl (C=O) groups excluding carboxylic acids is 3. The van der Waals surface area contributed by atoms with E-state index in [0.29, 0.717) is 5.69 Å². The maximum Gasteiger partial charge on any atom is 0.410 e. The lowest BCUT2D eigenvalue weighted by Gasteiger charge is -2.47. The highest BCUT2D eigenvalue weighted by molar-refractivity contribution is 8.01. The Morgan fingerprint density at radius 3 is 1.55 bits per heavy atom. The third kappa shape index (κ3) is 34.7. The van der Waals surface area contributed by atoms with E-state index >= 15 is 0 Å². The standard InChI is InChI=1S/C20H31N5O5S.C8H6.C7H4.C6H2.C5H4.C4H6.C3H4.C2H2.CH4.H2/c1-8-9-24-10-12(21-22-24)11-29-17(27)14-20(5,6)31-16-13(15(26)25(14)16)23(7)18(28)30-19(2,3)4;1-3-5-7-8-6-4-2;1-3-5-7-6-4-2;1-3-5-6-4-2;1-3-5-4-2;1-3-4-2;1-3-2;1-2;;/h10,13-14,16H,8-9,11H2,1-7H3;1-2H3;1H,2H3;1-2H;1H,2H3;1-2H3;1H,2H3;1-2H;1H4;1H/t13-,14+,16-;;;;;;;;;/m1........./s1. The lowest BCUT2D eigenvalue weighted by molar-refractivity contribution is -0.167. The van der Waals surface area contributed by atoms with Gasteiger partial charge in [0.05, 0.1) is 6.20 Å². The van der Waals surface area contributed by atoms with Gasteiger partial charge in [-0.15, -0.1) is 79.6 Å². The number of fused-ring (bicyclic) bond motifs is 1. The van der Waals surface area contributed by atoms with Crippen molar-refractivity contribution in [3.63, 3.8) is 0 Å². The van der Waals surface area contributed by atoms with Gasteiger partial charge in [0.1, 0.15) is 35.4 Å². The molecule has 11 heteroatoms. The number of nitrogens with zero attached hydrogens (tertiary/aromatic N) is 5. The minimum absolute atomic E-state index is 0. The Labute approximate surface area is 411 Å². The number of carbonyl (C=O) groups is 3. The number of amides is 2. The molecule has 3 atom stereocenters. The maximum absolute atomic E-state index is 12.9.